The van der Waals surface area contributed by atoms with E-state index in [0.717, 1.165) is 0 Å². The van der Waals surface area contributed by atoms with E-state index in [9.17, 15) is 4.79 Å². The maximum atomic E-state index is 11.6. The number of carbonyl (C=O) groups is 1. The maximum absolute atomic E-state index is 11.6. The number of nitriles is 1. The van der Waals surface area contributed by atoms with Crippen molar-refractivity contribution < 1.29 is 4.79 Å². The summed E-state index contributed by atoms with van der Waals surface area (Å²) in [5.74, 6) is -0.340. The van der Waals surface area contributed by atoms with E-state index in [-0.39, 0.29) is 5.91 Å². The average Bonchev–Trinajstić information content (AvgIpc) is 2.17. The van der Waals surface area contributed by atoms with Crippen LogP contribution >= 0.6 is 12.2 Å². The molecule has 0 fully saturated rings. The summed E-state index contributed by atoms with van der Waals surface area (Å²) in [5, 5.41) is 11.3. The van der Waals surface area contributed by atoms with Gasteiger partial charge in [-0.25, -0.2) is 0 Å². The second kappa shape index (κ2) is 4.24. The van der Waals surface area contributed by atoms with E-state index in [2.05, 4.69) is 10.3 Å². The maximum Gasteiger partial charge on any atom is 0.268 e. The molecular weight excluding hydrogens is 210 g/mol. The number of nitrogens with zero attached hydrogens (tertiary/aromatic N) is 1. The second-order valence-electron chi connectivity index (χ2n) is 3.62. The van der Waals surface area contributed by atoms with Crippen LogP contribution in [0.2, 0.25) is 0 Å². The van der Waals surface area contributed by atoms with E-state index in [1.54, 1.807) is 32.0 Å². The monoisotopic (exact) mass is 221 g/mol. The first-order chi connectivity index (χ1) is 6.94. The Balaban J connectivity index is 2.89. The highest BCUT2D eigenvalue weighted by Crippen LogP contribution is 2.02. The van der Waals surface area contributed by atoms with Gasteiger partial charge in [-0.1, -0.05) is 18.3 Å². The third kappa shape index (κ3) is 3.18. The smallest absolute Gasteiger partial charge is 0.268 e. The number of carbonyl (C=O) groups excluding carboxylic acids is 1. The summed E-state index contributed by atoms with van der Waals surface area (Å²) in [6, 6.07) is 6.96. The SMILES string of the molecule is CC(C)(C#N)NC(=O)c1cccc(=S)[nH]1. The van der Waals surface area contributed by atoms with Crippen molar-refractivity contribution >= 4 is 18.1 Å². The van der Waals surface area contributed by atoms with Crippen molar-refractivity contribution in [3.63, 3.8) is 0 Å². The average molecular weight is 221 g/mol. The zero-order chi connectivity index (χ0) is 11.5. The molecule has 0 radical (unpaired) electrons. The van der Waals surface area contributed by atoms with Crippen molar-refractivity contribution in [1.82, 2.24) is 10.3 Å². The summed E-state index contributed by atoms with van der Waals surface area (Å²) in [5.41, 5.74) is -0.534. The lowest BCUT2D eigenvalue weighted by atomic mass is 10.1. The van der Waals surface area contributed by atoms with E-state index < -0.39 is 5.54 Å². The minimum atomic E-state index is -0.887. The predicted octanol–water partition coefficient (Wildman–Crippen LogP) is 1.78. The molecule has 2 N–H and O–H groups in total. The standard InChI is InChI=1S/C10H11N3OS/c1-10(2,6-11)13-9(14)7-4-3-5-8(15)12-7/h3-5H,1-2H3,(H,12,15)(H,13,14). The molecule has 15 heavy (non-hydrogen) atoms. The van der Waals surface area contributed by atoms with Crippen LogP contribution in [0, 0.1) is 16.0 Å². The molecule has 0 saturated heterocycles. The minimum Gasteiger partial charge on any atom is -0.342 e. The summed E-state index contributed by atoms with van der Waals surface area (Å²) in [7, 11) is 0. The molecule has 0 bridgehead atoms. The highest BCUT2D eigenvalue weighted by Gasteiger charge is 2.20. The topological polar surface area (TPSA) is 68.7 Å². The van der Waals surface area contributed by atoms with Crippen LogP contribution in [0.1, 0.15) is 24.3 Å². The highest BCUT2D eigenvalue weighted by molar-refractivity contribution is 7.71. The van der Waals surface area contributed by atoms with Gasteiger partial charge in [0.05, 0.1) is 6.07 Å². The van der Waals surface area contributed by atoms with Crippen LogP contribution in [-0.4, -0.2) is 16.4 Å². The molecule has 0 aromatic carbocycles. The molecule has 0 spiro atoms. The molecule has 5 heteroatoms. The minimum absolute atomic E-state index is 0.340. The van der Waals surface area contributed by atoms with E-state index >= 15 is 0 Å². The van der Waals surface area contributed by atoms with Gasteiger partial charge in [-0.3, -0.25) is 4.79 Å². The van der Waals surface area contributed by atoms with E-state index in [0.29, 0.717) is 10.3 Å². The molecule has 0 aliphatic carbocycles. The summed E-state index contributed by atoms with van der Waals surface area (Å²) in [4.78, 5) is 14.4. The number of amides is 1. The number of hydrogen-bond acceptors (Lipinski definition) is 3. The molecule has 1 rings (SSSR count). The number of aromatic amines is 1. The first-order valence-electron chi connectivity index (χ1n) is 4.38. The molecule has 1 aromatic rings. The third-order valence-corrected chi connectivity index (χ3v) is 1.96. The van der Waals surface area contributed by atoms with Gasteiger partial charge in [0.2, 0.25) is 0 Å². The van der Waals surface area contributed by atoms with Crippen molar-refractivity contribution in [1.29, 1.82) is 5.26 Å². The molecule has 0 unspecified atom stereocenters. The zero-order valence-corrected chi connectivity index (χ0v) is 9.31. The van der Waals surface area contributed by atoms with Gasteiger partial charge in [0.15, 0.2) is 0 Å². The summed E-state index contributed by atoms with van der Waals surface area (Å²) in [6.45, 7) is 3.25. The molecule has 1 heterocycles. The van der Waals surface area contributed by atoms with Gasteiger partial charge in [0.1, 0.15) is 15.9 Å². The largest absolute Gasteiger partial charge is 0.342 e. The van der Waals surface area contributed by atoms with Gasteiger partial charge in [-0.2, -0.15) is 5.26 Å². The Kier molecular flexibility index (Phi) is 3.22. The molecule has 78 valence electrons. The summed E-state index contributed by atoms with van der Waals surface area (Å²) < 4.78 is 0.484. The lowest BCUT2D eigenvalue weighted by Gasteiger charge is -2.17. The highest BCUT2D eigenvalue weighted by atomic mass is 32.1. The molecule has 1 aromatic heterocycles. The van der Waals surface area contributed by atoms with Gasteiger partial charge < -0.3 is 10.3 Å². The fourth-order valence-electron chi connectivity index (χ4n) is 0.959. The predicted molar refractivity (Wildman–Crippen MR) is 58.8 cm³/mol. The molecule has 0 aliphatic rings. The van der Waals surface area contributed by atoms with Crippen LogP contribution in [0.15, 0.2) is 18.2 Å². The zero-order valence-electron chi connectivity index (χ0n) is 8.50. The number of hydrogen-bond donors (Lipinski definition) is 2. The first-order valence-corrected chi connectivity index (χ1v) is 4.78. The molecule has 4 nitrogen and oxygen atoms in total. The molecule has 0 atom stereocenters. The number of pyridine rings is 1. The van der Waals surface area contributed by atoms with Crippen molar-refractivity contribution in [2.75, 3.05) is 0 Å². The van der Waals surface area contributed by atoms with Crippen LogP contribution in [0.25, 0.3) is 0 Å². The number of aromatic nitrogens is 1. The Hall–Kier alpha value is -1.67. The van der Waals surface area contributed by atoms with Gasteiger partial charge in [-0.15, -0.1) is 0 Å². The van der Waals surface area contributed by atoms with E-state index in [1.807, 2.05) is 6.07 Å². The fraction of sp³-hybridized carbons (Fsp3) is 0.300. The Labute approximate surface area is 92.9 Å². The summed E-state index contributed by atoms with van der Waals surface area (Å²) >= 11 is 4.89. The number of rotatable bonds is 2. The molecule has 1 amide bonds. The van der Waals surface area contributed by atoms with Crippen molar-refractivity contribution in [3.05, 3.63) is 28.5 Å². The lowest BCUT2D eigenvalue weighted by molar-refractivity contribution is 0.0924. The Morgan fingerprint density at radius 3 is 2.80 bits per heavy atom. The van der Waals surface area contributed by atoms with Crippen molar-refractivity contribution in [2.24, 2.45) is 0 Å². The Morgan fingerprint density at radius 1 is 1.60 bits per heavy atom. The quantitative estimate of drug-likeness (QED) is 0.748. The van der Waals surface area contributed by atoms with Crippen LogP contribution in [-0.2, 0) is 0 Å². The first kappa shape index (κ1) is 11.4. The molecule has 0 aliphatic heterocycles. The van der Waals surface area contributed by atoms with E-state index in [4.69, 9.17) is 17.5 Å². The van der Waals surface area contributed by atoms with Crippen LogP contribution in [0.3, 0.4) is 0 Å². The lowest BCUT2D eigenvalue weighted by Crippen LogP contribution is -2.42. The Morgan fingerprint density at radius 2 is 2.27 bits per heavy atom. The molecular formula is C10H11N3OS. The number of H-pyrrole nitrogens is 1. The second-order valence-corrected chi connectivity index (χ2v) is 4.06. The van der Waals surface area contributed by atoms with Crippen LogP contribution in [0.4, 0.5) is 0 Å². The molecule has 0 saturated carbocycles. The summed E-state index contributed by atoms with van der Waals surface area (Å²) in [6.07, 6.45) is 0. The Bertz CT molecular complexity index is 470. The number of nitrogens with one attached hydrogen (secondary N) is 2. The fourth-order valence-corrected chi connectivity index (χ4v) is 1.15. The van der Waals surface area contributed by atoms with Crippen LogP contribution < -0.4 is 5.32 Å². The van der Waals surface area contributed by atoms with Gasteiger partial charge in [-0.05, 0) is 26.0 Å². The van der Waals surface area contributed by atoms with E-state index in [1.165, 1.54) is 0 Å². The van der Waals surface area contributed by atoms with Gasteiger partial charge in [0.25, 0.3) is 5.91 Å². The van der Waals surface area contributed by atoms with Crippen molar-refractivity contribution in [3.8, 4) is 6.07 Å². The van der Waals surface area contributed by atoms with Gasteiger partial charge >= 0.3 is 0 Å². The van der Waals surface area contributed by atoms with Crippen molar-refractivity contribution in [2.45, 2.75) is 19.4 Å². The van der Waals surface area contributed by atoms with Gasteiger partial charge in [0, 0.05) is 0 Å². The normalized spacial score (nSPS) is 10.5. The third-order valence-electron chi connectivity index (χ3n) is 1.72. The van der Waals surface area contributed by atoms with Crippen LogP contribution in [0.5, 0.6) is 0 Å².